The molecule has 2 fully saturated rings. The van der Waals surface area contributed by atoms with E-state index >= 15 is 0 Å². The van der Waals surface area contributed by atoms with Crippen molar-refractivity contribution in [2.45, 2.75) is 19.0 Å². The Kier molecular flexibility index (Phi) is 4.11. The SMILES string of the molecule is O=C(c1cc2ccccc2[nH]1)N1CCc2nc(N3CC4COCCN4C3)sc2C1. The number of fused-ring (bicyclic) bond motifs is 3. The van der Waals surface area contributed by atoms with Gasteiger partial charge in [-0.05, 0) is 12.1 Å². The van der Waals surface area contributed by atoms with Crippen molar-refractivity contribution in [3.63, 3.8) is 0 Å². The number of nitrogens with zero attached hydrogens (tertiary/aromatic N) is 4. The summed E-state index contributed by atoms with van der Waals surface area (Å²) < 4.78 is 5.62. The van der Waals surface area contributed by atoms with Crippen LogP contribution in [0.15, 0.2) is 30.3 Å². The van der Waals surface area contributed by atoms with E-state index in [2.05, 4.69) is 14.8 Å². The van der Waals surface area contributed by atoms with Gasteiger partial charge in [-0.2, -0.15) is 0 Å². The molecule has 1 N–H and O–H groups in total. The molecule has 0 saturated carbocycles. The lowest BCUT2D eigenvalue weighted by molar-refractivity contribution is 0.0163. The lowest BCUT2D eigenvalue weighted by atomic mass is 10.1. The number of anilines is 1. The molecule has 3 aromatic rings. The lowest BCUT2D eigenvalue weighted by Crippen LogP contribution is -2.41. The van der Waals surface area contributed by atoms with Gasteiger partial charge in [-0.25, -0.2) is 4.98 Å². The van der Waals surface area contributed by atoms with Gasteiger partial charge in [-0.15, -0.1) is 0 Å². The first-order valence-electron chi connectivity index (χ1n) is 10.2. The third kappa shape index (κ3) is 3.02. The minimum atomic E-state index is 0.0669. The number of para-hydroxylation sites is 1. The summed E-state index contributed by atoms with van der Waals surface area (Å²) in [6.07, 6.45) is 0.821. The predicted octanol–water partition coefficient (Wildman–Crippen LogP) is 2.30. The third-order valence-electron chi connectivity index (χ3n) is 6.17. The van der Waals surface area contributed by atoms with Gasteiger partial charge in [-0.1, -0.05) is 29.5 Å². The molecule has 1 atom stereocenters. The van der Waals surface area contributed by atoms with Gasteiger partial charge >= 0.3 is 0 Å². The number of H-pyrrole nitrogens is 1. The van der Waals surface area contributed by atoms with Crippen molar-refractivity contribution in [1.82, 2.24) is 19.8 Å². The predicted molar refractivity (Wildman–Crippen MR) is 112 cm³/mol. The molecule has 1 unspecified atom stereocenters. The number of amides is 1. The van der Waals surface area contributed by atoms with Crippen molar-refractivity contribution in [1.29, 1.82) is 0 Å². The lowest BCUT2D eigenvalue weighted by Gasteiger charge is -2.27. The molecule has 150 valence electrons. The van der Waals surface area contributed by atoms with E-state index in [0.29, 0.717) is 24.8 Å². The number of nitrogens with one attached hydrogen (secondary N) is 1. The van der Waals surface area contributed by atoms with Crippen LogP contribution in [0.5, 0.6) is 0 Å². The zero-order chi connectivity index (χ0) is 19.4. The van der Waals surface area contributed by atoms with Gasteiger partial charge in [0.25, 0.3) is 5.91 Å². The molecule has 2 saturated heterocycles. The molecule has 1 amide bonds. The van der Waals surface area contributed by atoms with Crippen molar-refractivity contribution in [2.75, 3.05) is 44.4 Å². The van der Waals surface area contributed by atoms with Crippen LogP contribution >= 0.6 is 11.3 Å². The topological polar surface area (TPSA) is 64.7 Å². The Hall–Kier alpha value is -2.42. The number of rotatable bonds is 2. The van der Waals surface area contributed by atoms with Crippen molar-refractivity contribution in [3.8, 4) is 0 Å². The summed E-state index contributed by atoms with van der Waals surface area (Å²) in [7, 11) is 0. The second kappa shape index (κ2) is 6.83. The molecule has 2 aromatic heterocycles. The second-order valence-corrected chi connectivity index (χ2v) is 9.08. The van der Waals surface area contributed by atoms with Crippen LogP contribution < -0.4 is 4.90 Å². The number of aromatic amines is 1. The highest BCUT2D eigenvalue weighted by Gasteiger charge is 2.35. The number of carbonyl (C=O) groups is 1. The molecule has 7 nitrogen and oxygen atoms in total. The molecular weight excluding hydrogens is 386 g/mol. The fraction of sp³-hybridized carbons (Fsp3) is 0.429. The molecule has 0 bridgehead atoms. The van der Waals surface area contributed by atoms with Gasteiger partial charge in [0.15, 0.2) is 5.13 Å². The molecule has 0 spiro atoms. The molecule has 0 aliphatic carbocycles. The Morgan fingerprint density at radius 2 is 2.21 bits per heavy atom. The molecule has 0 radical (unpaired) electrons. The van der Waals surface area contributed by atoms with Crippen LogP contribution in [-0.4, -0.2) is 71.2 Å². The fourth-order valence-electron chi connectivity index (χ4n) is 4.56. The standard InChI is InChI=1S/C21H23N5O2S/c27-20(18-9-14-3-1-2-4-16(14)22-18)24-6-5-17-19(11-24)29-21(23-17)26-10-15-12-28-8-7-25(15)13-26/h1-4,9,15,22H,5-8,10-13H2. The maximum absolute atomic E-state index is 13.1. The van der Waals surface area contributed by atoms with Crippen LogP contribution in [0.25, 0.3) is 10.9 Å². The monoisotopic (exact) mass is 409 g/mol. The van der Waals surface area contributed by atoms with E-state index in [9.17, 15) is 4.79 Å². The summed E-state index contributed by atoms with van der Waals surface area (Å²) in [6.45, 7) is 5.90. The van der Waals surface area contributed by atoms with E-state index in [0.717, 1.165) is 61.1 Å². The molecule has 6 rings (SSSR count). The van der Waals surface area contributed by atoms with E-state index < -0.39 is 0 Å². The number of ether oxygens (including phenoxy) is 1. The van der Waals surface area contributed by atoms with Crippen LogP contribution in [-0.2, 0) is 17.7 Å². The third-order valence-corrected chi connectivity index (χ3v) is 7.31. The first kappa shape index (κ1) is 17.4. The molecular formula is C21H23N5O2S. The van der Waals surface area contributed by atoms with E-state index in [1.807, 2.05) is 35.2 Å². The number of thiazole rings is 1. The Balaban J connectivity index is 1.20. The molecule has 29 heavy (non-hydrogen) atoms. The summed E-state index contributed by atoms with van der Waals surface area (Å²) >= 11 is 1.74. The number of aromatic nitrogens is 2. The zero-order valence-electron chi connectivity index (χ0n) is 16.1. The van der Waals surface area contributed by atoms with E-state index in [-0.39, 0.29) is 5.91 Å². The average molecular weight is 410 g/mol. The van der Waals surface area contributed by atoms with Gasteiger partial charge in [0.2, 0.25) is 0 Å². The highest BCUT2D eigenvalue weighted by molar-refractivity contribution is 7.15. The molecule has 1 aromatic carbocycles. The number of hydrogen-bond acceptors (Lipinski definition) is 6. The largest absolute Gasteiger partial charge is 0.378 e. The summed E-state index contributed by atoms with van der Waals surface area (Å²) in [4.78, 5) is 29.3. The Morgan fingerprint density at radius 3 is 3.10 bits per heavy atom. The summed E-state index contributed by atoms with van der Waals surface area (Å²) in [6, 6.07) is 10.4. The van der Waals surface area contributed by atoms with Gasteiger partial charge in [-0.3, -0.25) is 9.69 Å². The number of hydrogen-bond donors (Lipinski definition) is 1. The number of benzene rings is 1. The Morgan fingerprint density at radius 1 is 1.28 bits per heavy atom. The summed E-state index contributed by atoms with van der Waals surface area (Å²) in [5.74, 6) is 0.0669. The van der Waals surface area contributed by atoms with Crippen LogP contribution in [0.2, 0.25) is 0 Å². The van der Waals surface area contributed by atoms with Crippen LogP contribution in [0.3, 0.4) is 0 Å². The first-order valence-corrected chi connectivity index (χ1v) is 11.0. The molecule has 8 heteroatoms. The number of carbonyl (C=O) groups excluding carboxylic acids is 1. The van der Waals surface area contributed by atoms with Crippen molar-refractivity contribution >= 4 is 33.3 Å². The fourth-order valence-corrected chi connectivity index (χ4v) is 5.69. The highest BCUT2D eigenvalue weighted by Crippen LogP contribution is 2.33. The maximum Gasteiger partial charge on any atom is 0.270 e. The highest BCUT2D eigenvalue weighted by atomic mass is 32.1. The van der Waals surface area contributed by atoms with Crippen molar-refractivity contribution < 1.29 is 9.53 Å². The second-order valence-electron chi connectivity index (χ2n) is 8.02. The zero-order valence-corrected chi connectivity index (χ0v) is 17.0. The summed E-state index contributed by atoms with van der Waals surface area (Å²) in [5.41, 5.74) is 2.82. The van der Waals surface area contributed by atoms with Crippen molar-refractivity contribution in [2.24, 2.45) is 0 Å². The molecule has 3 aliphatic heterocycles. The van der Waals surface area contributed by atoms with Gasteiger partial charge in [0.05, 0.1) is 38.2 Å². The average Bonchev–Trinajstić information content (AvgIpc) is 3.47. The van der Waals surface area contributed by atoms with Gasteiger partial charge < -0.3 is 19.5 Å². The normalized spacial score (nSPS) is 22.1. The summed E-state index contributed by atoms with van der Waals surface area (Å²) in [5, 5.41) is 2.16. The van der Waals surface area contributed by atoms with Gasteiger partial charge in [0.1, 0.15) is 5.69 Å². The van der Waals surface area contributed by atoms with E-state index in [1.165, 1.54) is 4.88 Å². The van der Waals surface area contributed by atoms with Crippen molar-refractivity contribution in [3.05, 3.63) is 46.6 Å². The van der Waals surface area contributed by atoms with Crippen LogP contribution in [0, 0.1) is 0 Å². The van der Waals surface area contributed by atoms with E-state index in [1.54, 1.807) is 11.3 Å². The number of morpholine rings is 1. The minimum absolute atomic E-state index is 0.0669. The Bertz CT molecular complexity index is 1030. The molecule has 5 heterocycles. The first-order chi connectivity index (χ1) is 14.2. The quantitative estimate of drug-likeness (QED) is 0.704. The maximum atomic E-state index is 13.1. The van der Waals surface area contributed by atoms with E-state index in [4.69, 9.17) is 9.72 Å². The minimum Gasteiger partial charge on any atom is -0.378 e. The Labute approximate surface area is 172 Å². The molecule has 3 aliphatic rings. The smallest absolute Gasteiger partial charge is 0.270 e. The van der Waals surface area contributed by atoms with Crippen LogP contribution in [0.1, 0.15) is 21.1 Å². The van der Waals surface area contributed by atoms with Gasteiger partial charge in [0, 0.05) is 41.8 Å². The van der Waals surface area contributed by atoms with Crippen LogP contribution in [0.4, 0.5) is 5.13 Å².